The van der Waals surface area contributed by atoms with Crippen molar-refractivity contribution >= 4 is 57.8 Å². The van der Waals surface area contributed by atoms with E-state index < -0.39 is 16.7 Å². The minimum atomic E-state index is -0.625. The molecule has 1 aliphatic rings. The van der Waals surface area contributed by atoms with Crippen molar-refractivity contribution in [3.63, 3.8) is 0 Å². The van der Waals surface area contributed by atoms with Gasteiger partial charge >= 0.3 is 0 Å². The highest BCUT2D eigenvalue weighted by atomic mass is 32.2. The molecule has 1 saturated heterocycles. The first-order valence-electron chi connectivity index (χ1n) is 9.40. The summed E-state index contributed by atoms with van der Waals surface area (Å²) < 4.78 is 0.357. The van der Waals surface area contributed by atoms with Crippen LogP contribution in [-0.4, -0.2) is 38.4 Å². The molecule has 164 valence electrons. The number of thioether (sulfide) groups is 1. The van der Waals surface area contributed by atoms with Gasteiger partial charge in [-0.15, -0.1) is 0 Å². The van der Waals surface area contributed by atoms with Gasteiger partial charge in [0.15, 0.2) is 0 Å². The molecule has 11 heteroatoms. The van der Waals surface area contributed by atoms with Crippen molar-refractivity contribution < 1.29 is 19.3 Å². The number of nitrogens with zero attached hydrogens (tertiary/aromatic N) is 2. The fourth-order valence-corrected chi connectivity index (χ4v) is 4.02. The lowest BCUT2D eigenvalue weighted by molar-refractivity contribution is -0.384. The Balaban J connectivity index is 1.50. The normalized spacial score (nSPS) is 14.5. The minimum Gasteiger partial charge on any atom is -0.292 e. The van der Waals surface area contributed by atoms with Crippen LogP contribution >= 0.6 is 24.0 Å². The van der Waals surface area contributed by atoms with Gasteiger partial charge in [-0.05, 0) is 30.7 Å². The molecule has 1 heterocycles. The van der Waals surface area contributed by atoms with Crippen molar-refractivity contribution in [2.45, 2.75) is 13.3 Å². The molecule has 3 rings (SSSR count). The van der Waals surface area contributed by atoms with E-state index in [1.54, 1.807) is 6.08 Å². The van der Waals surface area contributed by atoms with E-state index in [0.29, 0.717) is 9.23 Å². The van der Waals surface area contributed by atoms with Crippen molar-refractivity contribution in [2.75, 3.05) is 6.54 Å². The smallest absolute Gasteiger partial charge is 0.269 e. The first-order valence-corrected chi connectivity index (χ1v) is 10.6. The van der Waals surface area contributed by atoms with Crippen molar-refractivity contribution in [1.29, 1.82) is 0 Å². The number of aryl methyl sites for hydroxylation is 1. The number of nitro groups is 1. The van der Waals surface area contributed by atoms with Gasteiger partial charge in [-0.2, -0.15) is 0 Å². The van der Waals surface area contributed by atoms with Gasteiger partial charge in [0.05, 0.1) is 9.83 Å². The molecule has 0 atom stereocenters. The van der Waals surface area contributed by atoms with Crippen molar-refractivity contribution in [2.24, 2.45) is 0 Å². The average Bonchev–Trinajstić information content (AvgIpc) is 3.04. The van der Waals surface area contributed by atoms with Crippen LogP contribution in [0, 0.1) is 17.0 Å². The Kier molecular flexibility index (Phi) is 7.33. The van der Waals surface area contributed by atoms with E-state index >= 15 is 0 Å². The number of hydrogen-bond acceptors (Lipinski definition) is 7. The first-order chi connectivity index (χ1) is 15.2. The topological polar surface area (TPSA) is 122 Å². The molecule has 0 radical (unpaired) electrons. The van der Waals surface area contributed by atoms with Gasteiger partial charge in [-0.25, -0.2) is 0 Å². The maximum atomic E-state index is 12.6. The van der Waals surface area contributed by atoms with Gasteiger partial charge in [0.25, 0.3) is 17.5 Å². The Bertz CT molecular complexity index is 1110. The SMILES string of the molecule is Cc1ccc(C=C2SC(=S)N(CCC(=O)NNC(=O)c3ccc([N+](=O)[O-])cc3)C2=O)cc1. The summed E-state index contributed by atoms with van der Waals surface area (Å²) in [6, 6.07) is 12.6. The zero-order chi connectivity index (χ0) is 23.3. The minimum absolute atomic E-state index is 0.0646. The van der Waals surface area contributed by atoms with Crippen LogP contribution < -0.4 is 10.9 Å². The lowest BCUT2D eigenvalue weighted by Crippen LogP contribution is -2.43. The lowest BCUT2D eigenvalue weighted by atomic mass is 10.1. The molecule has 0 bridgehead atoms. The monoisotopic (exact) mass is 470 g/mol. The number of benzene rings is 2. The van der Waals surface area contributed by atoms with E-state index in [1.165, 1.54) is 40.9 Å². The summed E-state index contributed by atoms with van der Waals surface area (Å²) in [6.07, 6.45) is 1.67. The van der Waals surface area contributed by atoms with E-state index in [2.05, 4.69) is 10.9 Å². The number of thiocarbonyl (C=S) groups is 1. The van der Waals surface area contributed by atoms with Crippen LogP contribution in [0.5, 0.6) is 0 Å². The van der Waals surface area contributed by atoms with E-state index in [0.717, 1.165) is 11.1 Å². The quantitative estimate of drug-likeness (QED) is 0.288. The average molecular weight is 471 g/mol. The summed E-state index contributed by atoms with van der Waals surface area (Å²) in [7, 11) is 0. The van der Waals surface area contributed by atoms with Crippen LogP contribution in [0.1, 0.15) is 27.9 Å². The Morgan fingerprint density at radius 2 is 1.78 bits per heavy atom. The summed E-state index contributed by atoms with van der Waals surface area (Å²) in [5.74, 6) is -1.42. The van der Waals surface area contributed by atoms with Gasteiger partial charge in [-0.1, -0.05) is 53.8 Å². The standard InChI is InChI=1S/C21H18N4O5S2/c1-13-2-4-14(5-3-13)12-17-20(28)24(21(31)32-17)11-10-18(26)22-23-19(27)15-6-8-16(9-7-15)25(29)30/h2-9,12H,10-11H2,1H3,(H,22,26)(H,23,27). The van der Waals surface area contributed by atoms with Crippen molar-refractivity contribution in [3.8, 4) is 0 Å². The van der Waals surface area contributed by atoms with Crippen LogP contribution in [0.4, 0.5) is 5.69 Å². The Labute approximate surface area is 193 Å². The molecule has 1 aliphatic heterocycles. The van der Waals surface area contributed by atoms with Gasteiger partial charge in [0.1, 0.15) is 4.32 Å². The number of non-ortho nitro benzene ring substituents is 1. The summed E-state index contributed by atoms with van der Waals surface area (Å²) >= 11 is 6.43. The first kappa shape index (κ1) is 23.1. The number of hydrogen-bond donors (Lipinski definition) is 2. The zero-order valence-corrected chi connectivity index (χ0v) is 18.5. The molecule has 3 amide bonds. The number of hydrazine groups is 1. The zero-order valence-electron chi connectivity index (χ0n) is 16.9. The van der Waals surface area contributed by atoms with Gasteiger partial charge in [0, 0.05) is 30.7 Å². The summed E-state index contributed by atoms with van der Waals surface area (Å²) in [5.41, 5.74) is 6.47. The fourth-order valence-electron chi connectivity index (χ4n) is 2.72. The van der Waals surface area contributed by atoms with Crippen LogP contribution in [0.2, 0.25) is 0 Å². The second-order valence-electron chi connectivity index (χ2n) is 6.80. The van der Waals surface area contributed by atoms with Crippen LogP contribution in [0.15, 0.2) is 53.4 Å². The number of rotatable bonds is 6. The third kappa shape index (κ3) is 5.77. The number of carbonyl (C=O) groups excluding carboxylic acids is 3. The van der Waals surface area contributed by atoms with Gasteiger partial charge in [-0.3, -0.25) is 40.2 Å². The molecule has 0 saturated carbocycles. The summed E-state index contributed by atoms with van der Waals surface area (Å²) in [4.78, 5) is 48.6. The highest BCUT2D eigenvalue weighted by molar-refractivity contribution is 8.26. The van der Waals surface area contributed by atoms with Crippen molar-refractivity contribution in [3.05, 3.63) is 80.2 Å². The lowest BCUT2D eigenvalue weighted by Gasteiger charge is -2.14. The summed E-state index contributed by atoms with van der Waals surface area (Å²) in [5, 5.41) is 10.7. The number of nitro benzene ring substituents is 1. The number of amides is 3. The molecule has 0 aromatic heterocycles. The summed E-state index contributed by atoms with van der Waals surface area (Å²) in [6.45, 7) is 2.04. The highest BCUT2D eigenvalue weighted by Gasteiger charge is 2.32. The maximum absolute atomic E-state index is 12.6. The molecular weight excluding hydrogens is 452 g/mol. The molecule has 0 unspecified atom stereocenters. The molecule has 1 fully saturated rings. The molecule has 0 aliphatic carbocycles. The van der Waals surface area contributed by atoms with Crippen LogP contribution in [0.3, 0.4) is 0 Å². The van der Waals surface area contributed by atoms with Crippen molar-refractivity contribution in [1.82, 2.24) is 15.8 Å². The molecule has 2 aromatic carbocycles. The third-order valence-corrected chi connectivity index (χ3v) is 5.84. The number of carbonyl (C=O) groups is 3. The fraction of sp³-hybridized carbons (Fsp3) is 0.143. The molecule has 9 nitrogen and oxygen atoms in total. The third-order valence-electron chi connectivity index (χ3n) is 4.47. The van der Waals surface area contributed by atoms with Gasteiger partial charge < -0.3 is 0 Å². The second kappa shape index (κ2) is 10.2. The largest absolute Gasteiger partial charge is 0.292 e. The van der Waals surface area contributed by atoms with Gasteiger partial charge in [0.2, 0.25) is 5.91 Å². The highest BCUT2D eigenvalue weighted by Crippen LogP contribution is 2.32. The van der Waals surface area contributed by atoms with E-state index in [1.807, 2.05) is 31.2 Å². The Morgan fingerprint density at radius 1 is 1.12 bits per heavy atom. The molecule has 32 heavy (non-hydrogen) atoms. The van der Waals surface area contributed by atoms with E-state index in [-0.39, 0.29) is 30.1 Å². The predicted molar refractivity (Wildman–Crippen MR) is 124 cm³/mol. The molecule has 2 N–H and O–H groups in total. The molecule has 0 spiro atoms. The predicted octanol–water partition coefficient (Wildman–Crippen LogP) is 2.96. The van der Waals surface area contributed by atoms with E-state index in [9.17, 15) is 24.5 Å². The van der Waals surface area contributed by atoms with Crippen LogP contribution in [-0.2, 0) is 9.59 Å². The maximum Gasteiger partial charge on any atom is 0.269 e. The van der Waals surface area contributed by atoms with Crippen LogP contribution in [0.25, 0.3) is 6.08 Å². The Hall–Kier alpha value is -3.57. The number of nitrogens with one attached hydrogen (secondary N) is 2. The molecule has 2 aromatic rings. The molecular formula is C21H18N4O5S2. The van der Waals surface area contributed by atoms with E-state index in [4.69, 9.17) is 12.2 Å². The second-order valence-corrected chi connectivity index (χ2v) is 8.48. The Morgan fingerprint density at radius 3 is 2.41 bits per heavy atom.